The van der Waals surface area contributed by atoms with Crippen molar-refractivity contribution in [1.82, 2.24) is 0 Å². The molecule has 0 nitrogen and oxygen atoms in total. The van der Waals surface area contributed by atoms with Gasteiger partial charge in [0.05, 0.1) is 0 Å². The van der Waals surface area contributed by atoms with Crippen LogP contribution in [-0.4, -0.2) is 20.4 Å². The number of rotatable bonds is 0. The van der Waals surface area contributed by atoms with Crippen molar-refractivity contribution in [2.75, 3.05) is 0 Å². The molecule has 11 heavy (non-hydrogen) atoms. The first-order chi connectivity index (χ1) is 5.27. The van der Waals surface area contributed by atoms with Crippen molar-refractivity contribution in [3.8, 4) is 0 Å². The molecular weight excluding hydrogens is 339 g/mol. The van der Waals surface area contributed by atoms with Crippen molar-refractivity contribution in [3.05, 3.63) is 31.8 Å². The summed E-state index contributed by atoms with van der Waals surface area (Å²) in [6.45, 7) is 0. The van der Waals surface area contributed by atoms with Gasteiger partial charge in [0.2, 0.25) is 0 Å². The predicted octanol–water partition coefficient (Wildman–Crippen LogP) is 3.31. The molecule has 0 radical (unpaired) electrons. The number of fused-ring (bicyclic) bond motifs is 1. The van der Waals surface area contributed by atoms with Crippen molar-refractivity contribution in [1.29, 1.82) is 0 Å². The van der Waals surface area contributed by atoms with Crippen LogP contribution in [0.2, 0.25) is 5.02 Å². The molecule has 0 saturated carbocycles. The van der Waals surface area contributed by atoms with Crippen molar-refractivity contribution in [3.63, 3.8) is 0 Å². The second-order valence-electron chi connectivity index (χ2n) is 2.22. The van der Waals surface area contributed by atoms with Crippen molar-refractivity contribution >= 4 is 56.8 Å². The molecule has 0 atom stereocenters. The molecule has 0 aliphatic rings. The SMILES string of the molecule is Clc1c[te]c2cc(Br)ccc12. The third-order valence-corrected chi connectivity index (χ3v) is 5.40. The molecular formula is C8H4BrClTe. The third kappa shape index (κ3) is 1.51. The van der Waals surface area contributed by atoms with Gasteiger partial charge in [0, 0.05) is 0 Å². The van der Waals surface area contributed by atoms with Crippen LogP contribution in [0.15, 0.2) is 26.8 Å². The van der Waals surface area contributed by atoms with Crippen LogP contribution in [0.4, 0.5) is 0 Å². The van der Waals surface area contributed by atoms with Gasteiger partial charge in [0.15, 0.2) is 0 Å². The molecule has 0 amide bonds. The molecule has 0 bridgehead atoms. The minimum absolute atomic E-state index is 0.127. The van der Waals surface area contributed by atoms with E-state index >= 15 is 0 Å². The maximum atomic E-state index is 5.97. The molecule has 2 aromatic rings. The van der Waals surface area contributed by atoms with Gasteiger partial charge >= 0.3 is 88.5 Å². The van der Waals surface area contributed by atoms with Crippen molar-refractivity contribution in [2.45, 2.75) is 0 Å². The summed E-state index contributed by atoms with van der Waals surface area (Å²) in [6.07, 6.45) is 0. The summed E-state index contributed by atoms with van der Waals surface area (Å²) in [5.74, 6) is 0. The predicted molar refractivity (Wildman–Crippen MR) is 53.6 cm³/mol. The second kappa shape index (κ2) is 3.11. The molecule has 0 aliphatic heterocycles. The van der Waals surface area contributed by atoms with E-state index in [1.54, 1.807) is 0 Å². The summed E-state index contributed by atoms with van der Waals surface area (Å²) in [5, 5.41) is 2.17. The number of hydrogen-bond donors (Lipinski definition) is 0. The molecule has 1 aromatic heterocycles. The van der Waals surface area contributed by atoms with Gasteiger partial charge in [0.25, 0.3) is 0 Å². The first-order valence-electron chi connectivity index (χ1n) is 3.09. The van der Waals surface area contributed by atoms with Gasteiger partial charge in [0.1, 0.15) is 0 Å². The average Bonchev–Trinajstić information content (AvgIpc) is 2.32. The normalized spacial score (nSPS) is 10.7. The van der Waals surface area contributed by atoms with Gasteiger partial charge in [-0.15, -0.1) is 0 Å². The summed E-state index contributed by atoms with van der Waals surface area (Å²) in [6, 6.07) is 6.28. The molecule has 1 heterocycles. The topological polar surface area (TPSA) is 0 Å². The Labute approximate surface area is 87.9 Å². The van der Waals surface area contributed by atoms with Crippen molar-refractivity contribution in [2.24, 2.45) is 0 Å². The Balaban J connectivity index is 2.86. The molecule has 3 heteroatoms. The van der Waals surface area contributed by atoms with E-state index in [0.29, 0.717) is 0 Å². The molecule has 56 valence electrons. The van der Waals surface area contributed by atoms with Gasteiger partial charge in [-0.05, 0) is 0 Å². The zero-order chi connectivity index (χ0) is 7.84. The van der Waals surface area contributed by atoms with E-state index in [1.165, 1.54) is 8.79 Å². The second-order valence-corrected chi connectivity index (χ2v) is 6.15. The Bertz CT molecular complexity index is 394. The van der Waals surface area contributed by atoms with Crippen LogP contribution in [0.3, 0.4) is 0 Å². The summed E-state index contributed by atoms with van der Waals surface area (Å²) in [7, 11) is 0. The van der Waals surface area contributed by atoms with Gasteiger partial charge in [-0.25, -0.2) is 0 Å². The first-order valence-corrected chi connectivity index (χ1v) is 6.78. The molecule has 0 fully saturated rings. The van der Waals surface area contributed by atoms with Crippen LogP contribution in [0, 0.1) is 0 Å². The standard InChI is InChI=1S/C8H4BrClTe/c9-5-1-2-6-7(10)4-11-8(6)3-5/h1-4H. The zero-order valence-corrected chi connectivity index (χ0v) is 10.1. The van der Waals surface area contributed by atoms with E-state index in [1.807, 2.05) is 6.07 Å². The Morgan fingerprint density at radius 2 is 2.18 bits per heavy atom. The summed E-state index contributed by atoms with van der Waals surface area (Å²) < 4.78 is 4.76. The Morgan fingerprint density at radius 3 is 3.00 bits per heavy atom. The van der Waals surface area contributed by atoms with Gasteiger partial charge in [-0.2, -0.15) is 0 Å². The van der Waals surface area contributed by atoms with E-state index in [0.717, 1.165) is 9.50 Å². The Morgan fingerprint density at radius 1 is 1.36 bits per heavy atom. The van der Waals surface area contributed by atoms with Crippen LogP contribution in [0.25, 0.3) is 8.79 Å². The number of hydrogen-bond acceptors (Lipinski definition) is 0. The molecule has 0 aliphatic carbocycles. The van der Waals surface area contributed by atoms with Gasteiger partial charge in [-0.1, -0.05) is 0 Å². The monoisotopic (exact) mass is 344 g/mol. The van der Waals surface area contributed by atoms with Crippen LogP contribution in [-0.2, 0) is 0 Å². The van der Waals surface area contributed by atoms with E-state index in [2.05, 4.69) is 32.1 Å². The summed E-state index contributed by atoms with van der Waals surface area (Å²) in [5.41, 5.74) is 0. The fourth-order valence-electron chi connectivity index (χ4n) is 0.970. The van der Waals surface area contributed by atoms with Gasteiger partial charge < -0.3 is 0 Å². The third-order valence-electron chi connectivity index (χ3n) is 1.49. The van der Waals surface area contributed by atoms with Crippen LogP contribution >= 0.6 is 27.5 Å². The molecule has 1 aromatic carbocycles. The fourth-order valence-corrected chi connectivity index (χ4v) is 4.89. The first kappa shape index (κ1) is 8.13. The average molecular weight is 343 g/mol. The Hall–Kier alpha value is 0.520. The van der Waals surface area contributed by atoms with E-state index < -0.39 is 0 Å². The number of benzene rings is 1. The van der Waals surface area contributed by atoms with Crippen molar-refractivity contribution < 1.29 is 0 Å². The molecule has 0 spiro atoms. The quantitative estimate of drug-likeness (QED) is 0.644. The molecule has 0 unspecified atom stereocenters. The molecule has 0 saturated heterocycles. The van der Waals surface area contributed by atoms with E-state index in [4.69, 9.17) is 11.6 Å². The summed E-state index contributed by atoms with van der Waals surface area (Å²) >= 11 is 9.29. The molecule has 2 rings (SSSR count). The van der Waals surface area contributed by atoms with E-state index in [9.17, 15) is 0 Å². The zero-order valence-electron chi connectivity index (χ0n) is 5.47. The van der Waals surface area contributed by atoms with Gasteiger partial charge in [-0.3, -0.25) is 0 Å². The van der Waals surface area contributed by atoms with Crippen LogP contribution in [0.5, 0.6) is 0 Å². The maximum absolute atomic E-state index is 5.97. The van der Waals surface area contributed by atoms with Crippen LogP contribution < -0.4 is 0 Å². The fraction of sp³-hybridized carbons (Fsp3) is 0. The Kier molecular flexibility index (Phi) is 2.30. The minimum atomic E-state index is -0.127. The number of halogens is 2. The summed E-state index contributed by atoms with van der Waals surface area (Å²) in [4.78, 5) is 0. The van der Waals surface area contributed by atoms with E-state index in [-0.39, 0.29) is 20.4 Å². The molecule has 0 N–H and O–H groups in total. The van der Waals surface area contributed by atoms with Crippen LogP contribution in [0.1, 0.15) is 0 Å².